The van der Waals surface area contributed by atoms with Gasteiger partial charge in [-0.1, -0.05) is 12.1 Å². The van der Waals surface area contributed by atoms with Crippen LogP contribution in [-0.4, -0.2) is 48.6 Å². The molecule has 2 aromatic heterocycles. The molecule has 0 radical (unpaired) electrons. The zero-order chi connectivity index (χ0) is 18.9. The van der Waals surface area contributed by atoms with Gasteiger partial charge in [-0.3, -0.25) is 4.79 Å². The van der Waals surface area contributed by atoms with Crippen LogP contribution >= 0.6 is 0 Å². The Morgan fingerprint density at radius 2 is 1.96 bits per heavy atom. The van der Waals surface area contributed by atoms with E-state index in [0.29, 0.717) is 12.1 Å². The number of carbonyl (C=O) groups is 1. The first kappa shape index (κ1) is 16.7. The molecule has 5 rings (SSSR count). The molecule has 28 heavy (non-hydrogen) atoms. The van der Waals surface area contributed by atoms with Crippen molar-refractivity contribution in [3.63, 3.8) is 0 Å². The minimum Gasteiger partial charge on any atom is -0.342 e. The van der Waals surface area contributed by atoms with E-state index in [9.17, 15) is 4.79 Å². The largest absolute Gasteiger partial charge is 0.342 e. The topological polar surface area (TPSA) is 79.7 Å². The lowest BCUT2D eigenvalue weighted by atomic mass is 9.96. The standard InChI is InChI=1S/C21H20N6O/c28-21(15-7-9-17(10-8-15)27-14-22-13-23-27)26-11-3-4-16(12-26)20-24-18-5-1-2-6-19(18)25-20/h1-2,5-10,13-14,16H,3-4,11-12H2,(H,24,25). The van der Waals surface area contributed by atoms with Gasteiger partial charge >= 0.3 is 0 Å². The fraction of sp³-hybridized carbons (Fsp3) is 0.238. The average molecular weight is 372 g/mol. The van der Waals surface area contributed by atoms with Gasteiger partial charge < -0.3 is 9.88 Å². The number of aromatic nitrogens is 5. The van der Waals surface area contributed by atoms with E-state index in [1.165, 1.54) is 6.33 Å². The van der Waals surface area contributed by atoms with Crippen LogP contribution < -0.4 is 0 Å². The zero-order valence-electron chi connectivity index (χ0n) is 15.3. The molecule has 1 N–H and O–H groups in total. The number of nitrogens with one attached hydrogen (secondary N) is 1. The van der Waals surface area contributed by atoms with Crippen molar-refractivity contribution in [1.82, 2.24) is 29.6 Å². The third kappa shape index (κ3) is 3.05. The fourth-order valence-corrected chi connectivity index (χ4v) is 3.83. The second-order valence-electron chi connectivity index (χ2n) is 7.12. The lowest BCUT2D eigenvalue weighted by Crippen LogP contribution is -2.39. The molecule has 7 heteroatoms. The summed E-state index contributed by atoms with van der Waals surface area (Å²) in [5, 5.41) is 4.11. The van der Waals surface area contributed by atoms with Crippen molar-refractivity contribution >= 4 is 16.9 Å². The molecule has 7 nitrogen and oxygen atoms in total. The van der Waals surface area contributed by atoms with Gasteiger partial charge in [-0.2, -0.15) is 5.10 Å². The number of hydrogen-bond donors (Lipinski definition) is 1. The van der Waals surface area contributed by atoms with Crippen LogP contribution in [0.2, 0.25) is 0 Å². The molecule has 0 bridgehead atoms. The average Bonchev–Trinajstić information content (AvgIpc) is 3.43. The Kier molecular flexibility index (Phi) is 4.12. The van der Waals surface area contributed by atoms with Crippen LogP contribution in [0.1, 0.15) is 34.9 Å². The van der Waals surface area contributed by atoms with Gasteiger partial charge in [0.2, 0.25) is 0 Å². The number of rotatable bonds is 3. The highest BCUT2D eigenvalue weighted by Gasteiger charge is 2.27. The highest BCUT2D eigenvalue weighted by Crippen LogP contribution is 2.27. The van der Waals surface area contributed by atoms with E-state index in [1.54, 1.807) is 11.0 Å². The number of benzene rings is 2. The number of likely N-dealkylation sites (tertiary alicyclic amines) is 1. The summed E-state index contributed by atoms with van der Waals surface area (Å²) in [7, 11) is 0. The van der Waals surface area contributed by atoms with Crippen LogP contribution in [-0.2, 0) is 0 Å². The summed E-state index contributed by atoms with van der Waals surface area (Å²) in [6.07, 6.45) is 5.14. The van der Waals surface area contributed by atoms with Crippen LogP contribution in [0.15, 0.2) is 61.2 Å². The molecule has 0 saturated carbocycles. The van der Waals surface area contributed by atoms with Crippen molar-refractivity contribution in [1.29, 1.82) is 0 Å². The number of imidazole rings is 1. The Morgan fingerprint density at radius 3 is 2.75 bits per heavy atom. The molecule has 1 atom stereocenters. The van der Waals surface area contributed by atoms with Gasteiger partial charge in [0.1, 0.15) is 18.5 Å². The minimum atomic E-state index is 0.0611. The van der Waals surface area contributed by atoms with E-state index in [4.69, 9.17) is 4.98 Å². The molecule has 0 aliphatic carbocycles. The monoisotopic (exact) mass is 372 g/mol. The maximum Gasteiger partial charge on any atom is 0.253 e. The number of piperidine rings is 1. The summed E-state index contributed by atoms with van der Waals surface area (Å²) >= 11 is 0. The fourth-order valence-electron chi connectivity index (χ4n) is 3.83. The van der Waals surface area contributed by atoms with Gasteiger partial charge in [0, 0.05) is 24.6 Å². The first-order valence-electron chi connectivity index (χ1n) is 9.47. The van der Waals surface area contributed by atoms with Gasteiger partial charge in [0.05, 0.1) is 16.7 Å². The third-order valence-electron chi connectivity index (χ3n) is 5.30. The Hall–Kier alpha value is -3.48. The number of para-hydroxylation sites is 2. The minimum absolute atomic E-state index is 0.0611. The van der Waals surface area contributed by atoms with Crippen LogP contribution in [0.4, 0.5) is 0 Å². The lowest BCUT2D eigenvalue weighted by Gasteiger charge is -2.32. The summed E-state index contributed by atoms with van der Waals surface area (Å²) in [5.74, 6) is 1.27. The first-order valence-corrected chi connectivity index (χ1v) is 9.47. The number of carbonyl (C=O) groups excluding carboxylic acids is 1. The van der Waals surface area contributed by atoms with Crippen LogP contribution in [0, 0.1) is 0 Å². The van der Waals surface area contributed by atoms with Gasteiger partial charge in [0.25, 0.3) is 5.91 Å². The van der Waals surface area contributed by atoms with E-state index in [0.717, 1.165) is 41.9 Å². The molecule has 3 heterocycles. The quantitative estimate of drug-likeness (QED) is 0.599. The second-order valence-corrected chi connectivity index (χ2v) is 7.12. The highest BCUT2D eigenvalue weighted by molar-refractivity contribution is 5.94. The van der Waals surface area contributed by atoms with Crippen molar-refractivity contribution in [2.24, 2.45) is 0 Å². The van der Waals surface area contributed by atoms with Gasteiger partial charge in [-0.25, -0.2) is 14.6 Å². The van der Waals surface area contributed by atoms with E-state index in [1.807, 2.05) is 53.4 Å². The van der Waals surface area contributed by atoms with Crippen molar-refractivity contribution in [2.45, 2.75) is 18.8 Å². The molecule has 1 unspecified atom stereocenters. The highest BCUT2D eigenvalue weighted by atomic mass is 16.2. The maximum atomic E-state index is 13.0. The molecule has 0 spiro atoms. The molecule has 1 aliphatic heterocycles. The molecule has 1 amide bonds. The van der Waals surface area contributed by atoms with Crippen molar-refractivity contribution in [2.75, 3.05) is 13.1 Å². The molecule has 1 saturated heterocycles. The summed E-state index contributed by atoms with van der Waals surface area (Å²) < 4.78 is 1.67. The lowest BCUT2D eigenvalue weighted by molar-refractivity contribution is 0.0705. The van der Waals surface area contributed by atoms with Gasteiger partial charge in [-0.05, 0) is 49.2 Å². The number of fused-ring (bicyclic) bond motifs is 1. The zero-order valence-corrected chi connectivity index (χ0v) is 15.3. The smallest absolute Gasteiger partial charge is 0.253 e. The summed E-state index contributed by atoms with van der Waals surface area (Å²) in [5.41, 5.74) is 3.59. The predicted octanol–water partition coefficient (Wildman–Crippen LogP) is 3.16. The van der Waals surface area contributed by atoms with Crippen molar-refractivity contribution < 1.29 is 4.79 Å². The molecule has 4 aromatic rings. The molecule has 2 aromatic carbocycles. The van der Waals surface area contributed by atoms with E-state index in [2.05, 4.69) is 15.1 Å². The molecule has 1 aliphatic rings. The van der Waals surface area contributed by atoms with E-state index < -0.39 is 0 Å². The second kappa shape index (κ2) is 6.92. The normalized spacial score (nSPS) is 17.1. The predicted molar refractivity (Wildman–Crippen MR) is 105 cm³/mol. The molecule has 140 valence electrons. The number of hydrogen-bond acceptors (Lipinski definition) is 4. The Bertz CT molecular complexity index is 1070. The number of aromatic amines is 1. The summed E-state index contributed by atoms with van der Waals surface area (Å²) in [4.78, 5) is 27.1. The van der Waals surface area contributed by atoms with Crippen molar-refractivity contribution in [3.05, 3.63) is 72.6 Å². The third-order valence-corrected chi connectivity index (χ3v) is 5.30. The SMILES string of the molecule is O=C(c1ccc(-n2cncn2)cc1)N1CCCC(c2nc3ccccc3[nH]2)C1. The maximum absolute atomic E-state index is 13.0. The molecular formula is C21H20N6O. The summed E-state index contributed by atoms with van der Waals surface area (Å²) in [6, 6.07) is 15.5. The van der Waals surface area contributed by atoms with Crippen LogP contribution in [0.25, 0.3) is 16.7 Å². The number of H-pyrrole nitrogens is 1. The first-order chi connectivity index (χ1) is 13.8. The van der Waals surface area contributed by atoms with Crippen LogP contribution in [0.3, 0.4) is 0 Å². The Balaban J connectivity index is 1.33. The van der Waals surface area contributed by atoms with Crippen molar-refractivity contribution in [3.8, 4) is 5.69 Å². The van der Waals surface area contributed by atoms with E-state index in [-0.39, 0.29) is 11.8 Å². The Labute approximate surface area is 162 Å². The van der Waals surface area contributed by atoms with Gasteiger partial charge in [0.15, 0.2) is 0 Å². The molecular weight excluding hydrogens is 352 g/mol. The Morgan fingerprint density at radius 1 is 1.11 bits per heavy atom. The van der Waals surface area contributed by atoms with E-state index >= 15 is 0 Å². The summed E-state index contributed by atoms with van der Waals surface area (Å²) in [6.45, 7) is 1.46. The van der Waals surface area contributed by atoms with Gasteiger partial charge in [-0.15, -0.1) is 0 Å². The molecule has 1 fully saturated rings. The number of nitrogens with zero attached hydrogens (tertiary/aromatic N) is 5. The number of amides is 1. The van der Waals surface area contributed by atoms with Crippen LogP contribution in [0.5, 0.6) is 0 Å².